The minimum absolute atomic E-state index is 0.782. The van der Waals surface area contributed by atoms with Gasteiger partial charge in [-0.2, -0.15) is 0 Å². The Morgan fingerprint density at radius 3 is 2.71 bits per heavy atom. The van der Waals surface area contributed by atoms with Crippen LogP contribution in [0.25, 0.3) is 0 Å². The molecule has 0 atom stereocenters. The number of benzene rings is 1. The van der Waals surface area contributed by atoms with Crippen LogP contribution in [0.1, 0.15) is 19.3 Å². The number of aliphatic imine (C=N–C) groups is 1. The van der Waals surface area contributed by atoms with Crippen LogP contribution in [-0.4, -0.2) is 57.0 Å². The van der Waals surface area contributed by atoms with E-state index >= 15 is 0 Å². The van der Waals surface area contributed by atoms with Gasteiger partial charge in [-0.1, -0.05) is 11.6 Å². The number of hydrogen-bond donors (Lipinski definition) is 1. The van der Waals surface area contributed by atoms with Crippen molar-refractivity contribution in [2.45, 2.75) is 24.2 Å². The van der Waals surface area contributed by atoms with E-state index in [0.717, 1.165) is 49.0 Å². The topological polar surface area (TPSA) is 36.9 Å². The maximum Gasteiger partial charge on any atom is 0.193 e. The number of ether oxygens (including phenoxy) is 1. The third-order valence-corrected chi connectivity index (χ3v) is 5.52. The molecule has 1 aromatic rings. The Balaban J connectivity index is 1.64. The summed E-state index contributed by atoms with van der Waals surface area (Å²) in [6, 6.07) is 7.98. The lowest BCUT2D eigenvalue weighted by Crippen LogP contribution is -2.40. The van der Waals surface area contributed by atoms with E-state index in [1.807, 2.05) is 30.9 Å². The van der Waals surface area contributed by atoms with Crippen LogP contribution in [0.3, 0.4) is 0 Å². The van der Waals surface area contributed by atoms with E-state index < -0.39 is 0 Å². The van der Waals surface area contributed by atoms with Gasteiger partial charge in [-0.15, -0.1) is 11.8 Å². The van der Waals surface area contributed by atoms with Crippen molar-refractivity contribution in [3.63, 3.8) is 0 Å². The molecule has 1 aromatic carbocycles. The average molecular weight is 370 g/mol. The highest BCUT2D eigenvalue weighted by Crippen LogP contribution is 2.20. The number of hydrogen-bond acceptors (Lipinski definition) is 3. The lowest BCUT2D eigenvalue weighted by atomic mass is 9.96. The quantitative estimate of drug-likeness (QED) is 0.343. The van der Waals surface area contributed by atoms with Crippen LogP contribution in [0, 0.1) is 5.92 Å². The molecule has 1 aliphatic heterocycles. The summed E-state index contributed by atoms with van der Waals surface area (Å²) in [7, 11) is 3.96. The summed E-state index contributed by atoms with van der Waals surface area (Å²) in [6.07, 6.45) is 3.59. The summed E-state index contributed by atoms with van der Waals surface area (Å²) in [5.74, 6) is 2.76. The fourth-order valence-electron chi connectivity index (χ4n) is 2.76. The average Bonchev–Trinajstić information content (AvgIpc) is 2.62. The van der Waals surface area contributed by atoms with Gasteiger partial charge in [0.15, 0.2) is 5.96 Å². The van der Waals surface area contributed by atoms with Crippen LogP contribution in [0.5, 0.6) is 0 Å². The Bertz CT molecular complexity index is 503. The first-order chi connectivity index (χ1) is 11.7. The molecule has 1 heterocycles. The van der Waals surface area contributed by atoms with Gasteiger partial charge in [-0.25, -0.2) is 0 Å². The van der Waals surface area contributed by atoms with E-state index in [-0.39, 0.29) is 0 Å². The molecule has 0 amide bonds. The molecule has 0 radical (unpaired) electrons. The monoisotopic (exact) mass is 369 g/mol. The van der Waals surface area contributed by atoms with Crippen LogP contribution < -0.4 is 5.32 Å². The molecule has 1 aliphatic rings. The lowest BCUT2D eigenvalue weighted by molar-refractivity contribution is 0.0625. The van der Waals surface area contributed by atoms with E-state index in [4.69, 9.17) is 16.3 Å². The predicted octanol–water partition coefficient (Wildman–Crippen LogP) is 3.76. The first-order valence-electron chi connectivity index (χ1n) is 8.57. The number of halogens is 1. The number of nitrogens with one attached hydrogen (secondary N) is 1. The largest absolute Gasteiger partial charge is 0.381 e. The maximum absolute atomic E-state index is 5.90. The molecule has 2 rings (SSSR count). The molecule has 0 unspecified atom stereocenters. The molecule has 0 bridgehead atoms. The zero-order valence-corrected chi connectivity index (χ0v) is 16.2. The van der Waals surface area contributed by atoms with Gasteiger partial charge < -0.3 is 15.0 Å². The Morgan fingerprint density at radius 2 is 2.04 bits per heavy atom. The first kappa shape index (κ1) is 19.4. The van der Waals surface area contributed by atoms with Crippen LogP contribution in [0.2, 0.25) is 5.02 Å². The van der Waals surface area contributed by atoms with E-state index in [1.54, 1.807) is 0 Å². The van der Waals surface area contributed by atoms with Crippen LogP contribution in [-0.2, 0) is 4.74 Å². The minimum atomic E-state index is 0.782. The van der Waals surface area contributed by atoms with Gasteiger partial charge in [-0.3, -0.25) is 4.99 Å². The van der Waals surface area contributed by atoms with Crippen molar-refractivity contribution >= 4 is 29.3 Å². The van der Waals surface area contributed by atoms with Crippen molar-refractivity contribution < 1.29 is 4.74 Å². The van der Waals surface area contributed by atoms with Gasteiger partial charge in [0, 0.05) is 56.1 Å². The maximum atomic E-state index is 5.90. The van der Waals surface area contributed by atoms with Crippen molar-refractivity contribution in [1.82, 2.24) is 10.2 Å². The summed E-state index contributed by atoms with van der Waals surface area (Å²) >= 11 is 7.72. The smallest absolute Gasteiger partial charge is 0.193 e. The van der Waals surface area contributed by atoms with Crippen molar-refractivity contribution in [2.24, 2.45) is 10.9 Å². The van der Waals surface area contributed by atoms with E-state index in [2.05, 4.69) is 34.4 Å². The summed E-state index contributed by atoms with van der Waals surface area (Å²) in [5.41, 5.74) is 0. The molecular formula is C18H28ClN3OS. The summed E-state index contributed by atoms with van der Waals surface area (Å²) in [4.78, 5) is 7.85. The standard InChI is InChI=1S/C18H28ClN3OS/c1-20-18(22(2)11-7-15-8-12-23-13-9-15)21-10-14-24-17-5-3-16(19)4-6-17/h3-6,15H,7-14H2,1-2H3,(H,20,21). The van der Waals surface area contributed by atoms with Crippen molar-refractivity contribution in [3.05, 3.63) is 29.3 Å². The van der Waals surface area contributed by atoms with E-state index in [9.17, 15) is 0 Å². The summed E-state index contributed by atoms with van der Waals surface area (Å²) < 4.78 is 5.42. The number of rotatable bonds is 7. The molecule has 1 N–H and O–H groups in total. The number of thioether (sulfide) groups is 1. The van der Waals surface area contributed by atoms with Gasteiger partial charge in [0.1, 0.15) is 0 Å². The Kier molecular flexibility index (Phi) is 8.78. The molecule has 0 aliphatic carbocycles. The van der Waals surface area contributed by atoms with E-state index in [1.165, 1.54) is 24.2 Å². The zero-order valence-electron chi connectivity index (χ0n) is 14.6. The molecule has 0 saturated carbocycles. The highest BCUT2D eigenvalue weighted by Gasteiger charge is 2.15. The van der Waals surface area contributed by atoms with Crippen LogP contribution >= 0.6 is 23.4 Å². The highest BCUT2D eigenvalue weighted by molar-refractivity contribution is 7.99. The van der Waals surface area contributed by atoms with Crippen molar-refractivity contribution in [2.75, 3.05) is 46.2 Å². The molecule has 1 saturated heterocycles. The van der Waals surface area contributed by atoms with Crippen LogP contribution in [0.15, 0.2) is 34.2 Å². The number of guanidine groups is 1. The molecule has 0 aromatic heterocycles. The molecule has 6 heteroatoms. The third kappa shape index (κ3) is 6.91. The van der Waals surface area contributed by atoms with Gasteiger partial charge in [0.05, 0.1) is 0 Å². The summed E-state index contributed by atoms with van der Waals surface area (Å²) in [6.45, 7) is 3.77. The van der Waals surface area contributed by atoms with Gasteiger partial charge in [-0.05, 0) is 49.4 Å². The molecule has 24 heavy (non-hydrogen) atoms. The van der Waals surface area contributed by atoms with Crippen molar-refractivity contribution in [3.8, 4) is 0 Å². The predicted molar refractivity (Wildman–Crippen MR) is 104 cm³/mol. The SMILES string of the molecule is CN=C(NCCSc1ccc(Cl)cc1)N(C)CCC1CCOCC1. The molecule has 4 nitrogen and oxygen atoms in total. The highest BCUT2D eigenvalue weighted by atomic mass is 35.5. The fraction of sp³-hybridized carbons (Fsp3) is 0.611. The Labute approximate surface area is 155 Å². The second-order valence-corrected chi connectivity index (χ2v) is 7.65. The first-order valence-corrected chi connectivity index (χ1v) is 9.93. The minimum Gasteiger partial charge on any atom is -0.381 e. The van der Waals surface area contributed by atoms with E-state index in [0.29, 0.717) is 0 Å². The second kappa shape index (κ2) is 10.9. The molecule has 134 valence electrons. The van der Waals surface area contributed by atoms with Crippen LogP contribution in [0.4, 0.5) is 0 Å². The summed E-state index contributed by atoms with van der Waals surface area (Å²) in [5, 5.41) is 4.22. The molecular weight excluding hydrogens is 342 g/mol. The fourth-order valence-corrected chi connectivity index (χ4v) is 3.66. The third-order valence-electron chi connectivity index (χ3n) is 4.25. The lowest BCUT2D eigenvalue weighted by Gasteiger charge is -2.26. The van der Waals surface area contributed by atoms with Gasteiger partial charge in [0.25, 0.3) is 0 Å². The Morgan fingerprint density at radius 1 is 1.33 bits per heavy atom. The van der Waals surface area contributed by atoms with Gasteiger partial charge >= 0.3 is 0 Å². The normalized spacial score (nSPS) is 16.2. The second-order valence-electron chi connectivity index (χ2n) is 6.04. The molecule has 1 fully saturated rings. The zero-order chi connectivity index (χ0) is 17.2. The molecule has 0 spiro atoms. The van der Waals surface area contributed by atoms with Crippen molar-refractivity contribution in [1.29, 1.82) is 0 Å². The Hall–Kier alpha value is -0.910. The van der Waals surface area contributed by atoms with Gasteiger partial charge in [0.2, 0.25) is 0 Å². The number of nitrogens with zero attached hydrogens (tertiary/aromatic N) is 2.